The van der Waals surface area contributed by atoms with E-state index >= 15 is 0 Å². The third-order valence-electron chi connectivity index (χ3n) is 2.16. The van der Waals surface area contributed by atoms with Crippen molar-refractivity contribution >= 4 is 5.97 Å². The van der Waals surface area contributed by atoms with Crippen LogP contribution < -0.4 is 9.47 Å². The number of methoxy groups -OCH3 is 1. The van der Waals surface area contributed by atoms with E-state index in [0.29, 0.717) is 6.20 Å². The molecule has 0 radical (unpaired) electrons. The molecule has 1 heterocycles. The lowest BCUT2D eigenvalue weighted by atomic mass is 10.1. The van der Waals surface area contributed by atoms with Crippen molar-refractivity contribution in [2.24, 2.45) is 0 Å². The molecule has 0 bridgehead atoms. The molecule has 0 spiro atoms. The van der Waals surface area contributed by atoms with E-state index in [1.165, 1.54) is 6.92 Å². The molecule has 0 atom stereocenters. The first-order chi connectivity index (χ1) is 9.71. The van der Waals surface area contributed by atoms with Crippen molar-refractivity contribution in [2.45, 2.75) is 19.7 Å². The highest BCUT2D eigenvalue weighted by Gasteiger charge is 2.38. The average molecular weight is 315 g/mol. The maximum absolute atomic E-state index is 13.0. The van der Waals surface area contributed by atoms with Crippen molar-refractivity contribution in [3.05, 3.63) is 17.3 Å². The van der Waals surface area contributed by atoms with Crippen LogP contribution >= 0.6 is 0 Å². The molecule has 1 rings (SSSR count). The van der Waals surface area contributed by atoms with Crippen LogP contribution in [0.2, 0.25) is 0 Å². The fraction of sp³-hybridized carbons (Fsp3) is 0.455. The number of halogens is 5. The van der Waals surface area contributed by atoms with Gasteiger partial charge in [0.1, 0.15) is 11.1 Å². The second kappa shape index (κ2) is 6.55. The minimum Gasteiger partial charge on any atom is -0.481 e. The number of aromatic nitrogens is 1. The van der Waals surface area contributed by atoms with E-state index in [4.69, 9.17) is 0 Å². The van der Waals surface area contributed by atoms with Crippen molar-refractivity contribution in [2.75, 3.05) is 13.7 Å². The molecule has 0 aliphatic heterocycles. The fourth-order valence-corrected chi connectivity index (χ4v) is 1.43. The number of hydrogen-bond acceptors (Lipinski definition) is 5. The zero-order valence-corrected chi connectivity index (χ0v) is 10.8. The number of hydrogen-bond donors (Lipinski definition) is 0. The molecular formula is C11H10F5NO4. The molecule has 0 N–H and O–H groups in total. The zero-order chi connectivity index (χ0) is 16.2. The number of carbonyl (C=O) groups excluding carboxylic acids is 1. The molecule has 0 aromatic carbocycles. The molecule has 1 aromatic heterocycles. The highest BCUT2D eigenvalue weighted by molar-refractivity contribution is 5.93. The molecule has 1 aromatic rings. The minimum atomic E-state index is -5.28. The van der Waals surface area contributed by atoms with Gasteiger partial charge in [-0.05, 0) is 6.92 Å². The second-order valence-corrected chi connectivity index (χ2v) is 3.49. The first-order valence-corrected chi connectivity index (χ1v) is 5.49. The maximum atomic E-state index is 13.0. The molecule has 0 saturated heterocycles. The number of pyridine rings is 1. The molecule has 118 valence electrons. The molecule has 0 amide bonds. The average Bonchev–Trinajstić information content (AvgIpc) is 2.35. The quantitative estimate of drug-likeness (QED) is 0.617. The summed E-state index contributed by atoms with van der Waals surface area (Å²) in [4.78, 5) is 14.9. The van der Waals surface area contributed by atoms with Gasteiger partial charge in [-0.25, -0.2) is 18.6 Å². The Morgan fingerprint density at radius 2 is 2.00 bits per heavy atom. The first-order valence-electron chi connectivity index (χ1n) is 5.49. The minimum absolute atomic E-state index is 0.166. The van der Waals surface area contributed by atoms with Crippen molar-refractivity contribution in [1.82, 2.24) is 4.98 Å². The van der Waals surface area contributed by atoms with Gasteiger partial charge in [0.2, 0.25) is 5.88 Å². The molecular weight excluding hydrogens is 305 g/mol. The number of rotatable bonds is 5. The van der Waals surface area contributed by atoms with Crippen LogP contribution in [0.15, 0.2) is 6.20 Å². The summed E-state index contributed by atoms with van der Waals surface area (Å²) in [6.45, 7) is 1.23. The van der Waals surface area contributed by atoms with Crippen LogP contribution in [0.4, 0.5) is 22.0 Å². The number of alkyl halides is 5. The number of esters is 1. The molecule has 0 fully saturated rings. The third kappa shape index (κ3) is 4.17. The number of nitrogens with zero attached hydrogens (tertiary/aromatic N) is 1. The smallest absolute Gasteiger partial charge is 0.481 e. The second-order valence-electron chi connectivity index (χ2n) is 3.49. The van der Waals surface area contributed by atoms with Crippen LogP contribution in [-0.2, 0) is 4.74 Å². The normalized spacial score (nSPS) is 11.4. The third-order valence-corrected chi connectivity index (χ3v) is 2.16. The summed E-state index contributed by atoms with van der Waals surface area (Å²) < 4.78 is 75.5. The monoisotopic (exact) mass is 315 g/mol. The van der Waals surface area contributed by atoms with Gasteiger partial charge in [0.15, 0.2) is 5.75 Å². The Hall–Kier alpha value is -2.13. The zero-order valence-electron chi connectivity index (χ0n) is 10.8. The van der Waals surface area contributed by atoms with E-state index in [1.807, 2.05) is 0 Å². The summed E-state index contributed by atoms with van der Waals surface area (Å²) in [5.41, 5.74) is -2.15. The van der Waals surface area contributed by atoms with Crippen LogP contribution in [0.1, 0.15) is 29.3 Å². The van der Waals surface area contributed by atoms with Gasteiger partial charge in [-0.1, -0.05) is 0 Å². The van der Waals surface area contributed by atoms with Gasteiger partial charge in [0.25, 0.3) is 6.43 Å². The standard InChI is InChI=1S/C11H10F5NO4/c1-3-20-10(18)5-4-17-9(19-2)6(8(12)13)7(5)21-11(14,15)16/h4,8H,3H2,1-2H3. The van der Waals surface area contributed by atoms with Crippen LogP contribution in [0.25, 0.3) is 0 Å². The van der Waals surface area contributed by atoms with Crippen LogP contribution in [0.3, 0.4) is 0 Å². The van der Waals surface area contributed by atoms with Gasteiger partial charge in [0.05, 0.1) is 13.7 Å². The van der Waals surface area contributed by atoms with E-state index in [9.17, 15) is 26.7 Å². The number of ether oxygens (including phenoxy) is 3. The van der Waals surface area contributed by atoms with Gasteiger partial charge in [-0.2, -0.15) is 0 Å². The van der Waals surface area contributed by atoms with Crippen LogP contribution in [-0.4, -0.2) is 31.0 Å². The Morgan fingerprint density at radius 1 is 1.38 bits per heavy atom. The maximum Gasteiger partial charge on any atom is 0.573 e. The summed E-state index contributed by atoms with van der Waals surface area (Å²) in [6.07, 6.45) is -8.07. The lowest BCUT2D eigenvalue weighted by Crippen LogP contribution is -2.21. The molecule has 0 aliphatic carbocycles. The highest BCUT2D eigenvalue weighted by Crippen LogP contribution is 2.40. The Balaban J connectivity index is 3.50. The molecule has 10 heteroatoms. The van der Waals surface area contributed by atoms with E-state index in [2.05, 4.69) is 19.2 Å². The summed E-state index contributed by atoms with van der Waals surface area (Å²) in [6, 6.07) is 0. The summed E-state index contributed by atoms with van der Waals surface area (Å²) in [7, 11) is 0.940. The predicted molar refractivity (Wildman–Crippen MR) is 58.4 cm³/mol. The van der Waals surface area contributed by atoms with Crippen LogP contribution in [0.5, 0.6) is 11.6 Å². The van der Waals surface area contributed by atoms with Gasteiger partial charge in [0, 0.05) is 6.20 Å². The summed E-state index contributed by atoms with van der Waals surface area (Å²) in [5.74, 6) is -3.44. The Morgan fingerprint density at radius 3 is 2.43 bits per heavy atom. The van der Waals surface area contributed by atoms with E-state index in [1.54, 1.807) is 0 Å². The topological polar surface area (TPSA) is 57.7 Å². The molecule has 0 saturated carbocycles. The first kappa shape index (κ1) is 16.9. The van der Waals surface area contributed by atoms with E-state index < -0.39 is 41.5 Å². The predicted octanol–water partition coefficient (Wildman–Crippen LogP) is 3.10. The van der Waals surface area contributed by atoms with Gasteiger partial charge in [-0.3, -0.25) is 0 Å². The lowest BCUT2D eigenvalue weighted by molar-refractivity contribution is -0.275. The summed E-state index contributed by atoms with van der Waals surface area (Å²) in [5, 5.41) is 0. The van der Waals surface area contributed by atoms with Crippen molar-refractivity contribution < 1.29 is 41.0 Å². The number of carbonyl (C=O) groups is 1. The largest absolute Gasteiger partial charge is 0.573 e. The summed E-state index contributed by atoms with van der Waals surface area (Å²) >= 11 is 0. The van der Waals surface area contributed by atoms with Gasteiger partial charge >= 0.3 is 12.3 Å². The molecule has 0 aliphatic rings. The Kier molecular flexibility index (Phi) is 5.28. The Bertz CT molecular complexity index is 518. The SMILES string of the molecule is CCOC(=O)c1cnc(OC)c(C(F)F)c1OC(F)(F)F. The molecule has 0 unspecified atom stereocenters. The highest BCUT2D eigenvalue weighted by atomic mass is 19.4. The molecule has 5 nitrogen and oxygen atoms in total. The van der Waals surface area contributed by atoms with Crippen molar-refractivity contribution in [1.29, 1.82) is 0 Å². The van der Waals surface area contributed by atoms with E-state index in [0.717, 1.165) is 7.11 Å². The van der Waals surface area contributed by atoms with Crippen molar-refractivity contribution in [3.8, 4) is 11.6 Å². The van der Waals surface area contributed by atoms with Gasteiger partial charge in [-0.15, -0.1) is 13.2 Å². The van der Waals surface area contributed by atoms with Crippen molar-refractivity contribution in [3.63, 3.8) is 0 Å². The van der Waals surface area contributed by atoms with E-state index in [-0.39, 0.29) is 6.61 Å². The van der Waals surface area contributed by atoms with Gasteiger partial charge < -0.3 is 14.2 Å². The fourth-order valence-electron chi connectivity index (χ4n) is 1.43. The Labute approximate surface area is 115 Å². The van der Waals surface area contributed by atoms with Crippen LogP contribution in [0, 0.1) is 0 Å². The molecule has 21 heavy (non-hydrogen) atoms. The lowest BCUT2D eigenvalue weighted by Gasteiger charge is -2.17.